The number of oxazole rings is 1. The summed E-state index contributed by atoms with van der Waals surface area (Å²) in [6.07, 6.45) is 9.49. The van der Waals surface area contributed by atoms with Gasteiger partial charge in [0, 0.05) is 51.1 Å². The second-order valence-corrected chi connectivity index (χ2v) is 9.17. The standard InChI is InChI=1S/C23H31N5O3/c1-2-4-19-17(3-1)25-22(31-19)15-5-10-28(11-6-15)23-26-18-9-14-30-20(18)21(27-23)24-16-7-12-29-13-8-16/h15-16H,1-14H2,(H,24,26,27). The zero-order valence-electron chi connectivity index (χ0n) is 18.1. The first-order chi connectivity index (χ1) is 15.3. The molecule has 0 amide bonds. The number of fused-ring (bicyclic) bond motifs is 2. The number of anilines is 2. The second kappa shape index (κ2) is 8.30. The van der Waals surface area contributed by atoms with Crippen LogP contribution in [0.2, 0.25) is 0 Å². The lowest BCUT2D eigenvalue weighted by Gasteiger charge is -2.31. The van der Waals surface area contributed by atoms with Crippen LogP contribution in [0.5, 0.6) is 5.75 Å². The fourth-order valence-electron chi connectivity index (χ4n) is 5.20. The van der Waals surface area contributed by atoms with Crippen LogP contribution < -0.4 is 15.0 Å². The normalized spacial score (nSPS) is 22.1. The number of ether oxygens (including phenoxy) is 2. The summed E-state index contributed by atoms with van der Waals surface area (Å²) in [7, 11) is 0. The first-order valence-corrected chi connectivity index (χ1v) is 11.9. The van der Waals surface area contributed by atoms with E-state index in [1.54, 1.807) is 0 Å². The summed E-state index contributed by atoms with van der Waals surface area (Å²) in [6.45, 7) is 4.14. The van der Waals surface area contributed by atoms with Gasteiger partial charge in [0.1, 0.15) is 5.76 Å². The maximum Gasteiger partial charge on any atom is 0.227 e. The molecule has 0 radical (unpaired) electrons. The van der Waals surface area contributed by atoms with Gasteiger partial charge in [0.05, 0.1) is 18.0 Å². The van der Waals surface area contributed by atoms with Crippen LogP contribution in [0.4, 0.5) is 11.8 Å². The molecule has 0 atom stereocenters. The van der Waals surface area contributed by atoms with Crippen molar-refractivity contribution in [2.45, 2.75) is 69.7 Å². The van der Waals surface area contributed by atoms with Crippen molar-refractivity contribution in [1.82, 2.24) is 15.0 Å². The third kappa shape index (κ3) is 3.86. The molecular formula is C23H31N5O3. The number of nitrogens with one attached hydrogen (secondary N) is 1. The topological polar surface area (TPSA) is 85.5 Å². The van der Waals surface area contributed by atoms with E-state index in [-0.39, 0.29) is 0 Å². The number of hydrogen-bond acceptors (Lipinski definition) is 8. The Morgan fingerprint density at radius 1 is 0.839 bits per heavy atom. The Kier molecular flexibility index (Phi) is 5.18. The second-order valence-electron chi connectivity index (χ2n) is 9.17. The highest BCUT2D eigenvalue weighted by molar-refractivity contribution is 5.58. The van der Waals surface area contributed by atoms with Crippen LogP contribution in [0.15, 0.2) is 4.42 Å². The highest BCUT2D eigenvalue weighted by atomic mass is 16.5. The molecule has 166 valence electrons. The highest BCUT2D eigenvalue weighted by Crippen LogP contribution is 2.36. The average molecular weight is 426 g/mol. The molecule has 0 aromatic carbocycles. The van der Waals surface area contributed by atoms with Gasteiger partial charge in [0.15, 0.2) is 17.5 Å². The van der Waals surface area contributed by atoms with E-state index in [4.69, 9.17) is 28.8 Å². The van der Waals surface area contributed by atoms with Crippen molar-refractivity contribution in [3.05, 3.63) is 23.0 Å². The molecule has 6 rings (SSSR count). The third-order valence-electron chi connectivity index (χ3n) is 7.06. The van der Waals surface area contributed by atoms with E-state index in [0.717, 1.165) is 106 Å². The molecule has 8 heteroatoms. The lowest BCUT2D eigenvalue weighted by Crippen LogP contribution is -2.35. The van der Waals surface area contributed by atoms with Gasteiger partial charge in [-0.25, -0.2) is 9.97 Å². The first kappa shape index (κ1) is 19.3. The molecule has 2 fully saturated rings. The minimum atomic E-state index is 0.381. The molecule has 4 aliphatic rings. The molecule has 0 unspecified atom stereocenters. The number of hydrogen-bond donors (Lipinski definition) is 1. The SMILES string of the molecule is C1CCc2oc(C3CCN(c4nc5c(c(NC6CCOCC6)n4)OCC5)CC3)nc2C1. The summed E-state index contributed by atoms with van der Waals surface area (Å²) in [5.41, 5.74) is 2.23. The predicted molar refractivity (Wildman–Crippen MR) is 116 cm³/mol. The molecule has 0 bridgehead atoms. The van der Waals surface area contributed by atoms with E-state index in [9.17, 15) is 0 Å². The number of aromatic nitrogens is 3. The summed E-state index contributed by atoms with van der Waals surface area (Å²) in [5, 5.41) is 3.62. The maximum absolute atomic E-state index is 6.15. The van der Waals surface area contributed by atoms with Crippen molar-refractivity contribution in [3.8, 4) is 5.75 Å². The van der Waals surface area contributed by atoms with Gasteiger partial charge in [-0.1, -0.05) is 0 Å². The molecule has 0 saturated carbocycles. The average Bonchev–Trinajstić information content (AvgIpc) is 3.47. The van der Waals surface area contributed by atoms with Crippen molar-refractivity contribution >= 4 is 11.8 Å². The van der Waals surface area contributed by atoms with Gasteiger partial charge < -0.3 is 24.1 Å². The van der Waals surface area contributed by atoms with E-state index in [2.05, 4.69) is 10.2 Å². The van der Waals surface area contributed by atoms with E-state index in [1.807, 2.05) is 0 Å². The lowest BCUT2D eigenvalue weighted by molar-refractivity contribution is 0.0903. The van der Waals surface area contributed by atoms with Gasteiger partial charge in [-0.05, 0) is 44.9 Å². The summed E-state index contributed by atoms with van der Waals surface area (Å²) in [5.74, 6) is 5.01. The molecule has 3 aliphatic heterocycles. The number of rotatable bonds is 4. The van der Waals surface area contributed by atoms with E-state index in [1.165, 1.54) is 18.5 Å². The van der Waals surface area contributed by atoms with E-state index in [0.29, 0.717) is 18.6 Å². The fourth-order valence-corrected chi connectivity index (χ4v) is 5.20. The number of piperidine rings is 1. The van der Waals surface area contributed by atoms with Crippen LogP contribution in [0.1, 0.15) is 67.5 Å². The Morgan fingerprint density at radius 3 is 2.52 bits per heavy atom. The molecule has 2 aromatic rings. The van der Waals surface area contributed by atoms with Crippen LogP contribution >= 0.6 is 0 Å². The van der Waals surface area contributed by atoms with Gasteiger partial charge >= 0.3 is 0 Å². The number of nitrogens with zero attached hydrogens (tertiary/aromatic N) is 4. The zero-order valence-corrected chi connectivity index (χ0v) is 18.1. The van der Waals surface area contributed by atoms with Crippen molar-refractivity contribution < 1.29 is 13.9 Å². The maximum atomic E-state index is 6.15. The first-order valence-electron chi connectivity index (χ1n) is 11.9. The van der Waals surface area contributed by atoms with Gasteiger partial charge in [-0.15, -0.1) is 0 Å². The summed E-state index contributed by atoms with van der Waals surface area (Å²) in [6, 6.07) is 0.381. The Balaban J connectivity index is 1.17. The lowest BCUT2D eigenvalue weighted by atomic mass is 9.97. The predicted octanol–water partition coefficient (Wildman–Crippen LogP) is 3.25. The Bertz CT molecular complexity index is 908. The van der Waals surface area contributed by atoms with Gasteiger partial charge in [-0.2, -0.15) is 4.98 Å². The van der Waals surface area contributed by atoms with Crippen LogP contribution in [-0.2, 0) is 24.0 Å². The number of aryl methyl sites for hydroxylation is 2. The van der Waals surface area contributed by atoms with Crippen LogP contribution in [0.3, 0.4) is 0 Å². The van der Waals surface area contributed by atoms with E-state index >= 15 is 0 Å². The molecule has 31 heavy (non-hydrogen) atoms. The molecular weight excluding hydrogens is 394 g/mol. The molecule has 1 N–H and O–H groups in total. The summed E-state index contributed by atoms with van der Waals surface area (Å²) < 4.78 is 17.5. The fraction of sp³-hybridized carbons (Fsp3) is 0.696. The zero-order chi connectivity index (χ0) is 20.6. The monoisotopic (exact) mass is 425 g/mol. The molecule has 2 aromatic heterocycles. The van der Waals surface area contributed by atoms with Crippen LogP contribution in [0.25, 0.3) is 0 Å². The Labute approximate surface area is 182 Å². The van der Waals surface area contributed by atoms with Crippen molar-refractivity contribution in [2.24, 2.45) is 0 Å². The molecule has 5 heterocycles. The van der Waals surface area contributed by atoms with Crippen molar-refractivity contribution in [3.63, 3.8) is 0 Å². The molecule has 2 saturated heterocycles. The van der Waals surface area contributed by atoms with Crippen LogP contribution in [-0.4, -0.2) is 53.9 Å². The summed E-state index contributed by atoms with van der Waals surface area (Å²) >= 11 is 0. The quantitative estimate of drug-likeness (QED) is 0.799. The summed E-state index contributed by atoms with van der Waals surface area (Å²) in [4.78, 5) is 16.9. The molecule has 0 spiro atoms. The van der Waals surface area contributed by atoms with Crippen molar-refractivity contribution in [1.29, 1.82) is 0 Å². The van der Waals surface area contributed by atoms with Crippen LogP contribution in [0, 0.1) is 0 Å². The molecule has 8 nitrogen and oxygen atoms in total. The van der Waals surface area contributed by atoms with Crippen molar-refractivity contribution in [2.75, 3.05) is 43.1 Å². The highest BCUT2D eigenvalue weighted by Gasteiger charge is 2.30. The van der Waals surface area contributed by atoms with E-state index < -0.39 is 0 Å². The van der Waals surface area contributed by atoms with Gasteiger partial charge in [0.2, 0.25) is 5.95 Å². The Hall–Kier alpha value is -2.35. The largest absolute Gasteiger partial charge is 0.487 e. The van der Waals surface area contributed by atoms with Gasteiger partial charge in [0.25, 0.3) is 0 Å². The third-order valence-corrected chi connectivity index (χ3v) is 7.06. The minimum Gasteiger partial charge on any atom is -0.487 e. The molecule has 1 aliphatic carbocycles. The smallest absolute Gasteiger partial charge is 0.227 e. The minimum absolute atomic E-state index is 0.381. The van der Waals surface area contributed by atoms with Gasteiger partial charge in [-0.3, -0.25) is 0 Å². The Morgan fingerprint density at radius 2 is 1.68 bits per heavy atom.